The van der Waals surface area contributed by atoms with Gasteiger partial charge in [-0.2, -0.15) is 4.98 Å². The number of fused-ring (bicyclic) bond motifs is 1. The first-order chi connectivity index (χ1) is 9.36. The first-order valence-corrected chi connectivity index (χ1v) is 6.46. The Morgan fingerprint density at radius 2 is 2.11 bits per heavy atom. The highest BCUT2D eigenvalue weighted by Crippen LogP contribution is 2.26. The number of nitrogens with one attached hydrogen (secondary N) is 2. The second-order valence-corrected chi connectivity index (χ2v) is 4.56. The lowest BCUT2D eigenvalue weighted by molar-refractivity contribution is 0.398. The largest absolute Gasteiger partial charge is 0.481 e. The van der Waals surface area contributed by atoms with Gasteiger partial charge in [0, 0.05) is 18.3 Å². The van der Waals surface area contributed by atoms with Gasteiger partial charge in [-0.3, -0.25) is 0 Å². The van der Waals surface area contributed by atoms with E-state index in [0.717, 1.165) is 31.0 Å². The van der Waals surface area contributed by atoms with Gasteiger partial charge in [0.2, 0.25) is 5.88 Å². The molecule has 2 aromatic rings. The van der Waals surface area contributed by atoms with Crippen LogP contribution in [0.25, 0.3) is 0 Å². The molecule has 0 saturated heterocycles. The molecule has 0 amide bonds. The van der Waals surface area contributed by atoms with Crippen LogP contribution in [0.2, 0.25) is 0 Å². The molecule has 0 aliphatic carbocycles. The molecule has 1 aliphatic rings. The van der Waals surface area contributed by atoms with Crippen LogP contribution in [0.3, 0.4) is 0 Å². The molecule has 0 fully saturated rings. The molecule has 0 atom stereocenters. The van der Waals surface area contributed by atoms with Crippen LogP contribution in [0.1, 0.15) is 11.1 Å². The summed E-state index contributed by atoms with van der Waals surface area (Å²) in [5, 5.41) is 6.77. The SMILES string of the molecule is COc1cccc(Nc2cccc3c2CCNC3)n1. The second kappa shape index (κ2) is 5.28. The summed E-state index contributed by atoms with van der Waals surface area (Å²) in [6, 6.07) is 12.1. The standard InChI is InChI=1S/C15H17N3O/c1-19-15-7-3-6-14(18-15)17-13-5-2-4-11-10-16-9-8-12(11)13/h2-7,16H,8-10H2,1H3,(H,17,18). The lowest BCUT2D eigenvalue weighted by Crippen LogP contribution is -2.24. The van der Waals surface area contributed by atoms with Crippen molar-refractivity contribution in [1.29, 1.82) is 0 Å². The topological polar surface area (TPSA) is 46.2 Å². The molecule has 3 rings (SSSR count). The maximum atomic E-state index is 5.14. The van der Waals surface area contributed by atoms with Crippen molar-refractivity contribution in [2.45, 2.75) is 13.0 Å². The molecule has 2 N–H and O–H groups in total. The van der Waals surface area contributed by atoms with E-state index in [4.69, 9.17) is 4.74 Å². The van der Waals surface area contributed by atoms with Gasteiger partial charge in [-0.15, -0.1) is 0 Å². The molecule has 0 spiro atoms. The number of aromatic nitrogens is 1. The number of ether oxygens (including phenoxy) is 1. The average Bonchev–Trinajstić information content (AvgIpc) is 2.48. The number of hydrogen-bond acceptors (Lipinski definition) is 4. The molecule has 1 aliphatic heterocycles. The molecule has 1 aromatic heterocycles. The number of rotatable bonds is 3. The van der Waals surface area contributed by atoms with Crippen LogP contribution in [-0.4, -0.2) is 18.6 Å². The van der Waals surface area contributed by atoms with E-state index in [0.29, 0.717) is 5.88 Å². The second-order valence-electron chi connectivity index (χ2n) is 4.56. The van der Waals surface area contributed by atoms with Gasteiger partial charge in [0.1, 0.15) is 5.82 Å². The van der Waals surface area contributed by atoms with Crippen LogP contribution in [0.15, 0.2) is 36.4 Å². The third kappa shape index (κ3) is 2.53. The molecular weight excluding hydrogens is 238 g/mol. The van der Waals surface area contributed by atoms with Gasteiger partial charge in [0.15, 0.2) is 0 Å². The average molecular weight is 255 g/mol. The smallest absolute Gasteiger partial charge is 0.214 e. The molecule has 19 heavy (non-hydrogen) atoms. The van der Waals surface area contributed by atoms with Gasteiger partial charge in [0.25, 0.3) is 0 Å². The molecule has 0 bridgehead atoms. The van der Waals surface area contributed by atoms with Crippen LogP contribution in [0.5, 0.6) is 5.88 Å². The van der Waals surface area contributed by atoms with E-state index in [1.165, 1.54) is 11.1 Å². The summed E-state index contributed by atoms with van der Waals surface area (Å²) >= 11 is 0. The van der Waals surface area contributed by atoms with E-state index in [-0.39, 0.29) is 0 Å². The normalized spacial score (nSPS) is 13.7. The van der Waals surface area contributed by atoms with E-state index in [1.807, 2.05) is 18.2 Å². The molecule has 0 radical (unpaired) electrons. The fourth-order valence-corrected chi connectivity index (χ4v) is 2.39. The van der Waals surface area contributed by atoms with E-state index in [9.17, 15) is 0 Å². The molecule has 98 valence electrons. The first kappa shape index (κ1) is 12.0. The van der Waals surface area contributed by atoms with Crippen molar-refractivity contribution in [2.24, 2.45) is 0 Å². The van der Waals surface area contributed by atoms with Crippen molar-refractivity contribution < 1.29 is 4.74 Å². The molecule has 0 unspecified atom stereocenters. The third-order valence-electron chi connectivity index (χ3n) is 3.34. The van der Waals surface area contributed by atoms with Crippen molar-refractivity contribution in [3.8, 4) is 5.88 Å². The molecule has 2 heterocycles. The number of hydrogen-bond donors (Lipinski definition) is 2. The zero-order valence-electron chi connectivity index (χ0n) is 10.9. The minimum atomic E-state index is 0.622. The number of anilines is 2. The Bertz CT molecular complexity index is 583. The van der Waals surface area contributed by atoms with E-state index in [1.54, 1.807) is 7.11 Å². The summed E-state index contributed by atoms with van der Waals surface area (Å²) in [4.78, 5) is 4.39. The van der Waals surface area contributed by atoms with Crippen LogP contribution < -0.4 is 15.4 Å². The van der Waals surface area contributed by atoms with Crippen LogP contribution >= 0.6 is 0 Å². The summed E-state index contributed by atoms with van der Waals surface area (Å²) in [5.41, 5.74) is 3.88. The summed E-state index contributed by atoms with van der Waals surface area (Å²) in [7, 11) is 1.63. The zero-order chi connectivity index (χ0) is 13.1. The predicted octanol–water partition coefficient (Wildman–Crippen LogP) is 2.48. The van der Waals surface area contributed by atoms with Crippen LogP contribution in [0.4, 0.5) is 11.5 Å². The number of nitrogens with zero attached hydrogens (tertiary/aromatic N) is 1. The van der Waals surface area contributed by atoms with Gasteiger partial charge >= 0.3 is 0 Å². The fourth-order valence-electron chi connectivity index (χ4n) is 2.39. The van der Waals surface area contributed by atoms with Crippen molar-refractivity contribution in [2.75, 3.05) is 19.0 Å². The monoisotopic (exact) mass is 255 g/mol. The Morgan fingerprint density at radius 3 is 3.00 bits per heavy atom. The maximum Gasteiger partial charge on any atom is 0.214 e. The highest BCUT2D eigenvalue weighted by Gasteiger charge is 2.12. The number of methoxy groups -OCH3 is 1. The first-order valence-electron chi connectivity index (χ1n) is 6.46. The fraction of sp³-hybridized carbons (Fsp3) is 0.267. The van der Waals surface area contributed by atoms with Crippen molar-refractivity contribution >= 4 is 11.5 Å². The predicted molar refractivity (Wildman–Crippen MR) is 75.9 cm³/mol. The van der Waals surface area contributed by atoms with E-state index >= 15 is 0 Å². The Hall–Kier alpha value is -2.07. The zero-order valence-corrected chi connectivity index (χ0v) is 10.9. The highest BCUT2D eigenvalue weighted by atomic mass is 16.5. The van der Waals surface area contributed by atoms with Crippen molar-refractivity contribution in [3.05, 3.63) is 47.5 Å². The lowest BCUT2D eigenvalue weighted by Gasteiger charge is -2.20. The van der Waals surface area contributed by atoms with Gasteiger partial charge in [0.05, 0.1) is 7.11 Å². The number of pyridine rings is 1. The van der Waals surface area contributed by atoms with Crippen molar-refractivity contribution in [3.63, 3.8) is 0 Å². The van der Waals surface area contributed by atoms with Crippen LogP contribution in [-0.2, 0) is 13.0 Å². The number of benzene rings is 1. The summed E-state index contributed by atoms with van der Waals surface area (Å²) < 4.78 is 5.14. The minimum absolute atomic E-state index is 0.622. The van der Waals surface area contributed by atoms with E-state index in [2.05, 4.69) is 33.8 Å². The van der Waals surface area contributed by atoms with Gasteiger partial charge in [-0.1, -0.05) is 18.2 Å². The van der Waals surface area contributed by atoms with Gasteiger partial charge in [-0.25, -0.2) is 0 Å². The summed E-state index contributed by atoms with van der Waals surface area (Å²) in [6.45, 7) is 1.97. The molecule has 0 saturated carbocycles. The Kier molecular flexibility index (Phi) is 3.33. The minimum Gasteiger partial charge on any atom is -0.481 e. The Morgan fingerprint density at radius 1 is 1.21 bits per heavy atom. The third-order valence-corrected chi connectivity index (χ3v) is 3.34. The molecular formula is C15H17N3O. The molecule has 1 aromatic carbocycles. The van der Waals surface area contributed by atoms with E-state index < -0.39 is 0 Å². The van der Waals surface area contributed by atoms with Crippen LogP contribution in [0, 0.1) is 0 Å². The summed E-state index contributed by atoms with van der Waals surface area (Å²) in [5.74, 6) is 1.43. The Balaban J connectivity index is 1.90. The molecule has 4 nitrogen and oxygen atoms in total. The van der Waals surface area contributed by atoms with Gasteiger partial charge in [-0.05, 0) is 36.2 Å². The van der Waals surface area contributed by atoms with Gasteiger partial charge < -0.3 is 15.4 Å². The summed E-state index contributed by atoms with van der Waals surface area (Å²) in [6.07, 6.45) is 1.04. The van der Waals surface area contributed by atoms with Crippen molar-refractivity contribution in [1.82, 2.24) is 10.3 Å². The maximum absolute atomic E-state index is 5.14. The Labute approximate surface area is 112 Å². The highest BCUT2D eigenvalue weighted by molar-refractivity contribution is 5.63. The lowest BCUT2D eigenvalue weighted by atomic mass is 9.99. The molecule has 4 heteroatoms. The quantitative estimate of drug-likeness (QED) is 0.884.